The van der Waals surface area contributed by atoms with Gasteiger partial charge in [-0.15, -0.1) is 0 Å². The lowest BCUT2D eigenvalue weighted by molar-refractivity contribution is -0.226. The third kappa shape index (κ3) is 2.87. The summed E-state index contributed by atoms with van der Waals surface area (Å²) in [4.78, 5) is 13.6. The van der Waals surface area contributed by atoms with Gasteiger partial charge in [-0.3, -0.25) is 9.69 Å². The Kier molecular flexibility index (Phi) is 4.42. The number of amides is 1. The van der Waals surface area contributed by atoms with E-state index < -0.39 is 17.7 Å². The number of fused-ring (bicyclic) bond motifs is 3. The van der Waals surface area contributed by atoms with Crippen LogP contribution in [0.1, 0.15) is 18.9 Å². The molecule has 2 heterocycles. The number of aliphatic hydroxyl groups is 3. The van der Waals surface area contributed by atoms with Crippen LogP contribution in [0.2, 0.25) is 0 Å². The highest BCUT2D eigenvalue weighted by atomic mass is 16.3. The summed E-state index contributed by atoms with van der Waals surface area (Å²) in [6, 6.07) is 9.26. The molecule has 0 spiro atoms. The molecule has 4 rings (SSSR count). The molecule has 0 aromatic heterocycles. The van der Waals surface area contributed by atoms with Crippen molar-refractivity contribution in [3.8, 4) is 0 Å². The Morgan fingerprint density at radius 2 is 2.09 bits per heavy atom. The summed E-state index contributed by atoms with van der Waals surface area (Å²) in [6.07, 6.45) is -0.531. The first-order chi connectivity index (χ1) is 11.0. The van der Waals surface area contributed by atoms with E-state index in [2.05, 4.69) is 10.2 Å². The minimum Gasteiger partial charge on any atom is -0.396 e. The summed E-state index contributed by atoms with van der Waals surface area (Å²) in [5.74, 6) is -0.607. The number of carbonyl (C=O) groups is 1. The van der Waals surface area contributed by atoms with Crippen molar-refractivity contribution in [3.05, 3.63) is 35.9 Å². The van der Waals surface area contributed by atoms with Gasteiger partial charge < -0.3 is 20.6 Å². The topological polar surface area (TPSA) is 93.0 Å². The molecule has 5 atom stereocenters. The van der Waals surface area contributed by atoms with Crippen molar-refractivity contribution < 1.29 is 20.1 Å². The fourth-order valence-corrected chi connectivity index (χ4v) is 4.08. The van der Waals surface area contributed by atoms with Gasteiger partial charge in [0.15, 0.2) is 0 Å². The number of hydrogen-bond donors (Lipinski definition) is 4. The summed E-state index contributed by atoms with van der Waals surface area (Å²) >= 11 is 0. The van der Waals surface area contributed by atoms with E-state index in [1.807, 2.05) is 30.3 Å². The third-order valence-electron chi connectivity index (χ3n) is 5.24. The Morgan fingerprint density at radius 3 is 2.70 bits per heavy atom. The molecule has 1 aromatic carbocycles. The average molecular weight is 320 g/mol. The van der Waals surface area contributed by atoms with Crippen molar-refractivity contribution in [3.63, 3.8) is 0 Å². The van der Waals surface area contributed by atoms with Crippen LogP contribution < -0.4 is 5.32 Å². The second-order valence-electron chi connectivity index (χ2n) is 6.74. The molecule has 1 saturated carbocycles. The van der Waals surface area contributed by atoms with Gasteiger partial charge in [-0.1, -0.05) is 30.3 Å². The van der Waals surface area contributed by atoms with E-state index in [-0.39, 0.29) is 31.0 Å². The summed E-state index contributed by atoms with van der Waals surface area (Å²) in [6.45, 7) is 2.16. The van der Waals surface area contributed by atoms with Gasteiger partial charge in [-0.2, -0.15) is 0 Å². The second kappa shape index (κ2) is 6.20. The van der Waals surface area contributed by atoms with E-state index in [1.54, 1.807) is 0 Å². The van der Waals surface area contributed by atoms with Gasteiger partial charge >= 0.3 is 0 Å². The van der Waals surface area contributed by atoms with Crippen LogP contribution in [0, 0.1) is 5.92 Å². The predicted molar refractivity (Wildman–Crippen MR) is 84.4 cm³/mol. The molecule has 6 heteroatoms. The molecule has 6 nitrogen and oxygen atoms in total. The highest BCUT2D eigenvalue weighted by Gasteiger charge is 2.60. The fourth-order valence-electron chi connectivity index (χ4n) is 4.08. The van der Waals surface area contributed by atoms with E-state index >= 15 is 0 Å². The molecule has 0 radical (unpaired) electrons. The first-order valence-electron chi connectivity index (χ1n) is 8.02. The van der Waals surface area contributed by atoms with Crippen LogP contribution >= 0.6 is 0 Å². The number of benzene rings is 1. The van der Waals surface area contributed by atoms with Gasteiger partial charge in [0.05, 0.1) is 6.04 Å². The highest BCUT2D eigenvalue weighted by Crippen LogP contribution is 2.43. The maximum absolute atomic E-state index is 11.5. The first-order valence-corrected chi connectivity index (χ1v) is 8.02. The number of rotatable bonds is 4. The molecule has 126 valence electrons. The molecular weight excluding hydrogens is 296 g/mol. The molecular formula is C17H24N2O4. The Labute approximate surface area is 135 Å². The molecule has 1 aromatic rings. The van der Waals surface area contributed by atoms with E-state index in [4.69, 9.17) is 0 Å². The quantitative estimate of drug-likeness (QED) is 0.599. The van der Waals surface area contributed by atoms with Crippen LogP contribution in [0.5, 0.6) is 0 Å². The van der Waals surface area contributed by atoms with Crippen LogP contribution in [0.25, 0.3) is 0 Å². The normalized spacial score (nSPS) is 36.9. The van der Waals surface area contributed by atoms with E-state index in [0.717, 1.165) is 5.56 Å². The smallest absolute Gasteiger partial charge is 0.217 e. The van der Waals surface area contributed by atoms with Gasteiger partial charge in [-0.05, 0) is 12.0 Å². The maximum atomic E-state index is 11.5. The zero-order valence-electron chi connectivity index (χ0n) is 13.2. The monoisotopic (exact) mass is 320 g/mol. The Hall–Kier alpha value is -1.47. The van der Waals surface area contributed by atoms with Gasteiger partial charge in [0.25, 0.3) is 0 Å². The summed E-state index contributed by atoms with van der Waals surface area (Å²) in [5, 5.41) is 33.9. The molecule has 0 unspecified atom stereocenters. The molecule has 2 aliphatic heterocycles. The highest BCUT2D eigenvalue weighted by molar-refractivity contribution is 5.73. The number of carbonyl (C=O) groups excluding carboxylic acids is 1. The predicted octanol–water partition coefficient (Wildman–Crippen LogP) is -0.520. The Morgan fingerprint density at radius 1 is 1.39 bits per heavy atom. The van der Waals surface area contributed by atoms with E-state index in [9.17, 15) is 20.1 Å². The number of nitrogens with zero attached hydrogens (tertiary/aromatic N) is 1. The van der Waals surface area contributed by atoms with Crippen LogP contribution in [-0.2, 0) is 11.3 Å². The van der Waals surface area contributed by atoms with Crippen LogP contribution in [0.3, 0.4) is 0 Å². The van der Waals surface area contributed by atoms with Crippen molar-refractivity contribution >= 4 is 5.91 Å². The standard InChI is InChI=1S/C17H24N2O4/c1-11(21)18-15-14-7-13(9-20)17(23,16(15)22)10-19(14)8-12-5-3-2-4-6-12/h2-6,13-16,20,22-23H,7-10H2,1H3,(H,18,21)/t13-,14-,15+,16-,17-/m1/s1. The van der Waals surface area contributed by atoms with Crippen molar-refractivity contribution in [2.75, 3.05) is 13.2 Å². The molecule has 2 saturated heterocycles. The van der Waals surface area contributed by atoms with Crippen molar-refractivity contribution in [1.82, 2.24) is 10.2 Å². The van der Waals surface area contributed by atoms with Crippen molar-refractivity contribution in [2.45, 2.75) is 43.7 Å². The minimum atomic E-state index is -1.41. The van der Waals surface area contributed by atoms with Crippen molar-refractivity contribution in [2.24, 2.45) is 5.92 Å². The van der Waals surface area contributed by atoms with Gasteiger partial charge in [-0.25, -0.2) is 0 Å². The zero-order valence-corrected chi connectivity index (χ0v) is 13.2. The summed E-state index contributed by atoms with van der Waals surface area (Å²) < 4.78 is 0. The molecule has 1 amide bonds. The van der Waals surface area contributed by atoms with Crippen LogP contribution in [0.15, 0.2) is 30.3 Å². The zero-order chi connectivity index (χ0) is 16.6. The Bertz CT molecular complexity index is 567. The maximum Gasteiger partial charge on any atom is 0.217 e. The molecule has 23 heavy (non-hydrogen) atoms. The van der Waals surface area contributed by atoms with Crippen LogP contribution in [-0.4, -0.2) is 63.1 Å². The summed E-state index contributed by atoms with van der Waals surface area (Å²) in [5.41, 5.74) is -0.300. The number of aliphatic hydroxyl groups excluding tert-OH is 2. The largest absolute Gasteiger partial charge is 0.396 e. The molecule has 4 N–H and O–H groups in total. The van der Waals surface area contributed by atoms with Gasteiger partial charge in [0.1, 0.15) is 11.7 Å². The number of piperidine rings is 2. The SMILES string of the molecule is CC(=O)N[C@H]1[C@H]2C[C@H](CO)[C@](O)(CN2Cc2ccccc2)[C@@H]1O. The van der Waals surface area contributed by atoms with Gasteiger partial charge in [0, 0.05) is 38.6 Å². The molecule has 1 aliphatic carbocycles. The minimum absolute atomic E-state index is 0.111. The fraction of sp³-hybridized carbons (Fsp3) is 0.588. The van der Waals surface area contributed by atoms with E-state index in [0.29, 0.717) is 13.0 Å². The van der Waals surface area contributed by atoms with Crippen molar-refractivity contribution in [1.29, 1.82) is 0 Å². The van der Waals surface area contributed by atoms with Crippen LogP contribution in [0.4, 0.5) is 0 Å². The number of hydrogen-bond acceptors (Lipinski definition) is 5. The lowest BCUT2D eigenvalue weighted by Gasteiger charge is -2.60. The summed E-state index contributed by atoms with van der Waals surface area (Å²) in [7, 11) is 0. The Balaban J connectivity index is 1.87. The van der Waals surface area contributed by atoms with E-state index in [1.165, 1.54) is 6.92 Å². The molecule has 2 bridgehead atoms. The van der Waals surface area contributed by atoms with Gasteiger partial charge in [0.2, 0.25) is 5.91 Å². The third-order valence-corrected chi connectivity index (χ3v) is 5.24. The number of nitrogens with one attached hydrogen (secondary N) is 1. The lowest BCUT2D eigenvalue weighted by Crippen LogP contribution is -2.78. The first kappa shape index (κ1) is 16.4. The molecule has 3 fully saturated rings. The lowest BCUT2D eigenvalue weighted by atomic mass is 9.64. The molecule has 3 aliphatic rings. The second-order valence-corrected chi connectivity index (χ2v) is 6.74. The average Bonchev–Trinajstić information content (AvgIpc) is 2.52.